The molecule has 12 heavy (non-hydrogen) atoms. The second-order valence-corrected chi connectivity index (χ2v) is 4.76. The standard InChI is InChI=1S/C12H24/c1-5-7-10-8-12(10)11(6-2)9(3)4/h9-12H,5-8H2,1-4H3. The zero-order valence-corrected chi connectivity index (χ0v) is 9.14. The highest BCUT2D eigenvalue weighted by Gasteiger charge is 2.41. The molecule has 0 heteroatoms. The van der Waals surface area contributed by atoms with Crippen LogP contribution in [0, 0.1) is 23.7 Å². The zero-order chi connectivity index (χ0) is 9.14. The third-order valence-electron chi connectivity index (χ3n) is 3.51. The lowest BCUT2D eigenvalue weighted by atomic mass is 9.87. The van der Waals surface area contributed by atoms with Gasteiger partial charge in [0.1, 0.15) is 0 Å². The summed E-state index contributed by atoms with van der Waals surface area (Å²) in [5.74, 6) is 4.11. The van der Waals surface area contributed by atoms with Crippen LogP contribution in [-0.4, -0.2) is 0 Å². The van der Waals surface area contributed by atoms with Crippen LogP contribution in [0.15, 0.2) is 0 Å². The molecule has 0 saturated heterocycles. The van der Waals surface area contributed by atoms with Gasteiger partial charge in [-0.2, -0.15) is 0 Å². The third-order valence-corrected chi connectivity index (χ3v) is 3.51. The fourth-order valence-electron chi connectivity index (χ4n) is 2.77. The molecule has 3 atom stereocenters. The maximum absolute atomic E-state index is 2.38. The van der Waals surface area contributed by atoms with Gasteiger partial charge in [-0.05, 0) is 30.1 Å². The highest BCUT2D eigenvalue weighted by atomic mass is 14.5. The molecule has 0 N–H and O–H groups in total. The van der Waals surface area contributed by atoms with Gasteiger partial charge >= 0.3 is 0 Å². The van der Waals surface area contributed by atoms with E-state index in [0.29, 0.717) is 0 Å². The highest BCUT2D eigenvalue weighted by Crippen LogP contribution is 2.50. The average molecular weight is 168 g/mol. The van der Waals surface area contributed by atoms with Gasteiger partial charge in [-0.3, -0.25) is 0 Å². The van der Waals surface area contributed by atoms with Gasteiger partial charge in [0.15, 0.2) is 0 Å². The van der Waals surface area contributed by atoms with E-state index in [2.05, 4.69) is 27.7 Å². The second kappa shape index (κ2) is 4.30. The van der Waals surface area contributed by atoms with E-state index in [-0.39, 0.29) is 0 Å². The van der Waals surface area contributed by atoms with Crippen LogP contribution in [-0.2, 0) is 0 Å². The summed E-state index contributed by atoms with van der Waals surface area (Å²) in [6, 6.07) is 0. The molecule has 1 saturated carbocycles. The highest BCUT2D eigenvalue weighted by molar-refractivity contribution is 4.91. The summed E-state index contributed by atoms with van der Waals surface area (Å²) in [4.78, 5) is 0. The smallest absolute Gasteiger partial charge is 0.0352 e. The number of hydrogen-bond donors (Lipinski definition) is 0. The summed E-state index contributed by atoms with van der Waals surface area (Å²) in [6.45, 7) is 9.43. The predicted molar refractivity (Wildman–Crippen MR) is 55.1 cm³/mol. The van der Waals surface area contributed by atoms with Crippen LogP contribution in [0.1, 0.15) is 53.4 Å². The number of rotatable bonds is 5. The average Bonchev–Trinajstić information content (AvgIpc) is 2.70. The second-order valence-electron chi connectivity index (χ2n) is 4.76. The number of hydrogen-bond acceptors (Lipinski definition) is 0. The normalized spacial score (nSPS) is 30.8. The van der Waals surface area contributed by atoms with Crippen molar-refractivity contribution in [1.29, 1.82) is 0 Å². The van der Waals surface area contributed by atoms with Crippen LogP contribution in [0.5, 0.6) is 0 Å². The molecule has 0 heterocycles. The van der Waals surface area contributed by atoms with Gasteiger partial charge in [0, 0.05) is 0 Å². The molecule has 1 fully saturated rings. The Morgan fingerprint density at radius 2 is 1.92 bits per heavy atom. The first-order valence-corrected chi connectivity index (χ1v) is 5.70. The van der Waals surface area contributed by atoms with Crippen LogP contribution >= 0.6 is 0 Å². The van der Waals surface area contributed by atoms with Gasteiger partial charge in [-0.1, -0.05) is 47.0 Å². The lowest BCUT2D eigenvalue weighted by molar-refractivity contribution is 0.311. The fraction of sp³-hybridized carbons (Fsp3) is 1.00. The monoisotopic (exact) mass is 168 g/mol. The van der Waals surface area contributed by atoms with Crippen molar-refractivity contribution in [2.24, 2.45) is 23.7 Å². The predicted octanol–water partition coefficient (Wildman–Crippen LogP) is 4.10. The van der Waals surface area contributed by atoms with E-state index in [0.717, 1.165) is 23.7 Å². The molecule has 1 rings (SSSR count). The van der Waals surface area contributed by atoms with E-state index in [1.165, 1.54) is 25.7 Å². The van der Waals surface area contributed by atoms with Gasteiger partial charge in [0.05, 0.1) is 0 Å². The minimum Gasteiger partial charge on any atom is -0.0654 e. The van der Waals surface area contributed by atoms with E-state index >= 15 is 0 Å². The van der Waals surface area contributed by atoms with Crippen molar-refractivity contribution in [3.8, 4) is 0 Å². The summed E-state index contributed by atoms with van der Waals surface area (Å²) < 4.78 is 0. The van der Waals surface area contributed by atoms with E-state index in [1.54, 1.807) is 0 Å². The molecule has 0 aromatic heterocycles. The third kappa shape index (κ3) is 2.24. The van der Waals surface area contributed by atoms with Crippen molar-refractivity contribution in [3.05, 3.63) is 0 Å². The minimum atomic E-state index is 0.904. The molecule has 0 radical (unpaired) electrons. The van der Waals surface area contributed by atoms with Crippen LogP contribution in [0.2, 0.25) is 0 Å². The molecular formula is C12H24. The topological polar surface area (TPSA) is 0 Å². The Bertz CT molecular complexity index is 126. The molecule has 0 spiro atoms. The lowest BCUT2D eigenvalue weighted by Crippen LogP contribution is -2.10. The van der Waals surface area contributed by atoms with Gasteiger partial charge in [0.25, 0.3) is 0 Å². The fourth-order valence-corrected chi connectivity index (χ4v) is 2.77. The van der Waals surface area contributed by atoms with Gasteiger partial charge in [-0.15, -0.1) is 0 Å². The van der Waals surface area contributed by atoms with E-state index in [4.69, 9.17) is 0 Å². The molecule has 0 aromatic carbocycles. The Morgan fingerprint density at radius 1 is 1.25 bits per heavy atom. The van der Waals surface area contributed by atoms with E-state index < -0.39 is 0 Å². The van der Waals surface area contributed by atoms with Crippen molar-refractivity contribution >= 4 is 0 Å². The summed E-state index contributed by atoms with van der Waals surface area (Å²) >= 11 is 0. The Hall–Kier alpha value is 0. The lowest BCUT2D eigenvalue weighted by Gasteiger charge is -2.18. The molecule has 1 aliphatic carbocycles. The van der Waals surface area contributed by atoms with Crippen LogP contribution in [0.25, 0.3) is 0 Å². The summed E-state index contributed by atoms with van der Waals surface area (Å²) in [7, 11) is 0. The van der Waals surface area contributed by atoms with Gasteiger partial charge in [0.2, 0.25) is 0 Å². The van der Waals surface area contributed by atoms with Crippen LogP contribution in [0.4, 0.5) is 0 Å². The Labute approximate surface area is 77.7 Å². The molecule has 0 aliphatic heterocycles. The molecule has 0 aromatic rings. The Kier molecular flexibility index (Phi) is 3.61. The first-order chi connectivity index (χ1) is 5.70. The molecule has 0 bridgehead atoms. The summed E-state index contributed by atoms with van der Waals surface area (Å²) in [5, 5.41) is 0. The SMILES string of the molecule is CCCC1CC1C(CC)C(C)C. The van der Waals surface area contributed by atoms with Crippen molar-refractivity contribution in [2.45, 2.75) is 53.4 Å². The maximum atomic E-state index is 2.38. The summed E-state index contributed by atoms with van der Waals surface area (Å²) in [6.07, 6.45) is 5.79. The Balaban J connectivity index is 2.29. The minimum absolute atomic E-state index is 0.904. The van der Waals surface area contributed by atoms with Crippen LogP contribution < -0.4 is 0 Å². The Morgan fingerprint density at radius 3 is 2.33 bits per heavy atom. The first kappa shape index (κ1) is 10.1. The van der Waals surface area contributed by atoms with Crippen molar-refractivity contribution in [2.75, 3.05) is 0 Å². The molecule has 0 nitrogen and oxygen atoms in total. The van der Waals surface area contributed by atoms with Gasteiger partial charge in [-0.25, -0.2) is 0 Å². The van der Waals surface area contributed by atoms with Crippen molar-refractivity contribution < 1.29 is 0 Å². The molecular weight excluding hydrogens is 144 g/mol. The van der Waals surface area contributed by atoms with Gasteiger partial charge < -0.3 is 0 Å². The zero-order valence-electron chi connectivity index (χ0n) is 9.14. The summed E-state index contributed by atoms with van der Waals surface area (Å²) in [5.41, 5.74) is 0. The molecule has 0 amide bonds. The van der Waals surface area contributed by atoms with Crippen molar-refractivity contribution in [3.63, 3.8) is 0 Å². The van der Waals surface area contributed by atoms with Crippen LogP contribution in [0.3, 0.4) is 0 Å². The van der Waals surface area contributed by atoms with Crippen molar-refractivity contribution in [1.82, 2.24) is 0 Å². The maximum Gasteiger partial charge on any atom is -0.0352 e. The molecule has 1 aliphatic rings. The largest absolute Gasteiger partial charge is 0.0654 e. The molecule has 72 valence electrons. The molecule has 3 unspecified atom stereocenters. The first-order valence-electron chi connectivity index (χ1n) is 5.70. The van der Waals surface area contributed by atoms with E-state index in [9.17, 15) is 0 Å². The quantitative estimate of drug-likeness (QED) is 0.579. The van der Waals surface area contributed by atoms with E-state index in [1.807, 2.05) is 0 Å².